The molecule has 2 aromatic carbocycles. The zero-order chi connectivity index (χ0) is 39.4. The van der Waals surface area contributed by atoms with E-state index in [4.69, 9.17) is 20.2 Å². The van der Waals surface area contributed by atoms with Crippen molar-refractivity contribution >= 4 is 12.0 Å². The number of hydrogen-bond donors (Lipinski definition) is 6. The topological polar surface area (TPSA) is 170 Å². The number of nitrogens with zero attached hydrogens (tertiary/aromatic N) is 2. The van der Waals surface area contributed by atoms with Crippen LogP contribution < -0.4 is 20.5 Å². The summed E-state index contributed by atoms with van der Waals surface area (Å²) in [5.74, 6) is 9.89. The van der Waals surface area contributed by atoms with E-state index in [0.717, 1.165) is 77.7 Å². The van der Waals surface area contributed by atoms with Gasteiger partial charge in [-0.1, -0.05) is 61.8 Å². The summed E-state index contributed by atoms with van der Waals surface area (Å²) in [5.41, 5.74) is 13.5. The first-order valence-electron chi connectivity index (χ1n) is 20.4. The fraction of sp³-hybridized carbons (Fsp3) is 0.478. The molecule has 1 spiro atoms. The Morgan fingerprint density at radius 3 is 2.77 bits per heavy atom. The molecule has 57 heavy (non-hydrogen) atoms. The van der Waals surface area contributed by atoms with Crippen LogP contribution in [0.25, 0.3) is 0 Å². The van der Waals surface area contributed by atoms with Crippen LogP contribution in [-0.4, -0.2) is 68.8 Å². The van der Waals surface area contributed by atoms with Gasteiger partial charge in [-0.05, 0) is 77.5 Å². The first-order chi connectivity index (χ1) is 27.6. The number of nitrogens with one attached hydrogen (secondary N) is 1. The van der Waals surface area contributed by atoms with Gasteiger partial charge in [-0.15, -0.1) is 0 Å². The molecule has 2 aromatic rings. The first kappa shape index (κ1) is 37.7. The molecule has 9 rings (SSSR count). The standard InChI is InChI=1S/C46H50N4O7/c1-26-4-7-33(40(54)18-26)41(55)21-29(51)6-5-27-20-43-42(22-39(27)53)56-17-15-46(13-2-3-14-46)36-10-11-38(52)31-8-9-32-30(12-16-48-44(32)47)34(31)19-28-23-49-37-25-50(24-35(28)37)45(36)57-43/h4,7-9,20,22-23,25-26,33,36,38,40-41,44-45,48,52-55H,2-3,5-6,12-14,16,18-19,21,24,47H2,1H3. The third kappa shape index (κ3) is 7.07. The molecule has 0 aromatic heterocycles. The van der Waals surface area contributed by atoms with E-state index in [1.807, 2.05) is 43.6 Å². The molecular formula is C46H50N4O7. The average molecular weight is 771 g/mol. The fourth-order valence-corrected chi connectivity index (χ4v) is 9.94. The highest BCUT2D eigenvalue weighted by Crippen LogP contribution is 2.50. The van der Waals surface area contributed by atoms with Crippen LogP contribution >= 0.6 is 0 Å². The lowest BCUT2D eigenvalue weighted by molar-refractivity contribution is -0.122. The summed E-state index contributed by atoms with van der Waals surface area (Å²) in [6, 6.07) is 7.16. The van der Waals surface area contributed by atoms with E-state index < -0.39 is 41.8 Å². The number of aliphatic hydroxyl groups excluding tert-OH is 3. The number of aliphatic imine (C=N–C) groups is 1. The van der Waals surface area contributed by atoms with Crippen molar-refractivity contribution in [1.29, 1.82) is 0 Å². The second-order valence-electron chi connectivity index (χ2n) is 16.9. The summed E-state index contributed by atoms with van der Waals surface area (Å²) in [6.07, 6.45) is 12.6. The van der Waals surface area contributed by atoms with E-state index in [1.54, 1.807) is 6.07 Å². The lowest BCUT2D eigenvalue weighted by Crippen LogP contribution is -2.47. The second-order valence-corrected chi connectivity index (χ2v) is 16.9. The Kier molecular flexibility index (Phi) is 10.0. The zero-order valence-corrected chi connectivity index (χ0v) is 32.2. The number of aromatic hydroxyl groups is 1. The number of carbonyl (C=O) groups is 1. The lowest BCUT2D eigenvalue weighted by atomic mass is 9.73. The average Bonchev–Trinajstić information content (AvgIpc) is 3.93. The van der Waals surface area contributed by atoms with Crippen molar-refractivity contribution in [2.45, 2.75) is 102 Å². The maximum atomic E-state index is 13.1. The number of phenolic OH excluding ortho intramolecular Hbond substituents is 1. The SMILES string of the molecule is CC1C=CC(C(O)CC(=O)CCc2cc3c(cc2O)OC#CC2(CCCC2)C2C#CC(O)c4ccc5c(c4CC4=C6CN(C=C6N=C4)C2O3)CCNC5N)C(O)C1. The van der Waals surface area contributed by atoms with Crippen molar-refractivity contribution in [2.75, 3.05) is 13.1 Å². The van der Waals surface area contributed by atoms with Crippen LogP contribution in [0.2, 0.25) is 0 Å². The Hall–Kier alpha value is -4.88. The van der Waals surface area contributed by atoms with E-state index in [1.165, 1.54) is 6.07 Å². The quantitative estimate of drug-likeness (QED) is 0.183. The predicted molar refractivity (Wildman–Crippen MR) is 214 cm³/mol. The number of rotatable bonds is 6. The van der Waals surface area contributed by atoms with Crippen molar-refractivity contribution in [2.24, 2.45) is 33.9 Å². The van der Waals surface area contributed by atoms with E-state index in [9.17, 15) is 25.2 Å². The maximum absolute atomic E-state index is 13.1. The van der Waals surface area contributed by atoms with Gasteiger partial charge in [0.2, 0.25) is 0 Å². The van der Waals surface area contributed by atoms with Crippen LogP contribution in [0.15, 0.2) is 64.5 Å². The molecule has 7 N–H and O–H groups in total. The van der Waals surface area contributed by atoms with E-state index in [2.05, 4.69) is 34.1 Å². The molecule has 7 aliphatic rings. The molecule has 0 radical (unpaired) electrons. The number of hydrogen-bond acceptors (Lipinski definition) is 11. The Morgan fingerprint density at radius 1 is 1.12 bits per heavy atom. The van der Waals surface area contributed by atoms with Crippen molar-refractivity contribution in [3.63, 3.8) is 0 Å². The van der Waals surface area contributed by atoms with Crippen LogP contribution in [0.3, 0.4) is 0 Å². The van der Waals surface area contributed by atoms with Crippen molar-refractivity contribution in [3.05, 3.63) is 87.3 Å². The van der Waals surface area contributed by atoms with Crippen LogP contribution in [0.5, 0.6) is 17.2 Å². The molecule has 1 fully saturated rings. The molecule has 5 heterocycles. The Bertz CT molecular complexity index is 2230. The Labute approximate surface area is 333 Å². The van der Waals surface area contributed by atoms with E-state index in [-0.39, 0.29) is 48.6 Å². The lowest BCUT2D eigenvalue weighted by Gasteiger charge is -2.39. The van der Waals surface area contributed by atoms with Gasteiger partial charge < -0.3 is 40.5 Å². The summed E-state index contributed by atoms with van der Waals surface area (Å²) in [4.78, 5) is 20.1. The predicted octanol–water partition coefficient (Wildman–Crippen LogP) is 4.39. The van der Waals surface area contributed by atoms with Crippen molar-refractivity contribution in [1.82, 2.24) is 10.2 Å². The number of ether oxygens (including phenoxy) is 2. The van der Waals surface area contributed by atoms with Gasteiger partial charge in [-0.25, -0.2) is 0 Å². The number of aliphatic hydroxyl groups is 3. The largest absolute Gasteiger partial charge is 0.508 e. The maximum Gasteiger partial charge on any atom is 0.187 e. The van der Waals surface area contributed by atoms with Gasteiger partial charge in [0.25, 0.3) is 0 Å². The van der Waals surface area contributed by atoms with E-state index >= 15 is 0 Å². The highest BCUT2D eigenvalue weighted by Gasteiger charge is 2.48. The molecule has 5 aliphatic heterocycles. The Morgan fingerprint density at radius 2 is 1.95 bits per heavy atom. The molecule has 11 heteroatoms. The summed E-state index contributed by atoms with van der Waals surface area (Å²) in [6.45, 7) is 3.29. The zero-order valence-electron chi connectivity index (χ0n) is 32.2. The number of carbonyl (C=O) groups excluding carboxylic acids is 1. The van der Waals surface area contributed by atoms with Crippen LogP contribution in [0, 0.1) is 47.0 Å². The molecule has 2 aliphatic carbocycles. The Balaban J connectivity index is 1.06. The summed E-state index contributed by atoms with van der Waals surface area (Å²) in [5, 5.41) is 47.8. The van der Waals surface area contributed by atoms with Crippen molar-refractivity contribution in [3.8, 4) is 41.1 Å². The molecule has 0 amide bonds. The number of aryl methyl sites for hydroxylation is 1. The minimum Gasteiger partial charge on any atom is -0.508 e. The highest BCUT2D eigenvalue weighted by molar-refractivity contribution is 5.88. The number of fused-ring (bicyclic) bond motifs is 8. The monoisotopic (exact) mass is 770 g/mol. The molecule has 8 unspecified atom stereocenters. The van der Waals surface area contributed by atoms with Crippen molar-refractivity contribution < 1.29 is 34.7 Å². The third-order valence-corrected chi connectivity index (χ3v) is 13.1. The van der Waals surface area contributed by atoms with E-state index in [0.29, 0.717) is 30.7 Å². The van der Waals surface area contributed by atoms with Gasteiger partial charge in [-0.2, -0.15) is 0 Å². The minimum atomic E-state index is -1.07. The van der Waals surface area contributed by atoms with Crippen LogP contribution in [0.1, 0.15) is 92.0 Å². The van der Waals surface area contributed by atoms with Gasteiger partial charge >= 0.3 is 0 Å². The fourth-order valence-electron chi connectivity index (χ4n) is 9.94. The first-order valence-corrected chi connectivity index (χ1v) is 20.4. The minimum absolute atomic E-state index is 0.0559. The van der Waals surface area contributed by atoms with Gasteiger partial charge in [0.05, 0.1) is 35.4 Å². The number of nitrogens with two attached hydrogens (primary N) is 1. The number of benzene rings is 2. The van der Waals surface area contributed by atoms with Gasteiger partial charge in [-0.3, -0.25) is 15.1 Å². The van der Waals surface area contributed by atoms with Gasteiger partial charge in [0.1, 0.15) is 23.7 Å². The van der Waals surface area contributed by atoms with Crippen LogP contribution in [0.4, 0.5) is 0 Å². The van der Waals surface area contributed by atoms with Crippen LogP contribution in [-0.2, 0) is 24.1 Å². The van der Waals surface area contributed by atoms with Gasteiger partial charge in [0.15, 0.2) is 17.7 Å². The second kappa shape index (κ2) is 15.1. The highest BCUT2D eigenvalue weighted by atomic mass is 16.5. The smallest absolute Gasteiger partial charge is 0.187 e. The summed E-state index contributed by atoms with van der Waals surface area (Å²) in [7, 11) is 0. The summed E-state index contributed by atoms with van der Waals surface area (Å²) >= 11 is 0. The molecule has 2 bridgehead atoms. The normalized spacial score (nSPS) is 29.5. The third-order valence-electron chi connectivity index (χ3n) is 13.1. The molecule has 8 atom stereocenters. The molecular weight excluding hydrogens is 721 g/mol. The number of Topliss-reactive ketones (excluding diaryl/α,β-unsaturated/α-hetero) is 1. The number of phenols is 1. The molecule has 296 valence electrons. The molecule has 11 nitrogen and oxygen atoms in total. The van der Waals surface area contributed by atoms with Gasteiger partial charge in [0, 0.05) is 62.3 Å². The number of ketones is 1. The summed E-state index contributed by atoms with van der Waals surface area (Å²) < 4.78 is 13.1. The molecule has 0 saturated heterocycles. The molecule has 1 saturated carbocycles. The number of allylic oxidation sites excluding steroid dienone is 2.